The summed E-state index contributed by atoms with van der Waals surface area (Å²) < 4.78 is 25.6. The number of aromatic amines is 1. The van der Waals surface area contributed by atoms with Crippen LogP contribution in [0.4, 0.5) is 0 Å². The van der Waals surface area contributed by atoms with Gasteiger partial charge in [0.25, 0.3) is 11.5 Å². The number of carbonyl (C=O) groups excluding carboxylic acids is 1. The zero-order chi connectivity index (χ0) is 20.6. The van der Waals surface area contributed by atoms with E-state index in [-0.39, 0.29) is 29.7 Å². The molecular weight excluding hydrogens is 394 g/mol. The first kappa shape index (κ1) is 19.7. The number of hydrogen-bond acceptors (Lipinski definition) is 6. The Bertz CT molecular complexity index is 1080. The molecule has 1 fully saturated rings. The van der Waals surface area contributed by atoms with Crippen molar-refractivity contribution in [3.63, 3.8) is 0 Å². The molecule has 0 radical (unpaired) electrons. The second kappa shape index (κ2) is 7.68. The van der Waals surface area contributed by atoms with Gasteiger partial charge in [0.15, 0.2) is 0 Å². The number of aromatic nitrogens is 3. The van der Waals surface area contributed by atoms with Gasteiger partial charge in [-0.1, -0.05) is 0 Å². The fraction of sp³-hybridized carbons (Fsp3) is 0.474. The van der Waals surface area contributed by atoms with E-state index in [1.54, 1.807) is 36.4 Å². The topological polar surface area (TPSA) is 116 Å². The Morgan fingerprint density at radius 2 is 2.03 bits per heavy atom. The average molecular weight is 417 g/mol. The van der Waals surface area contributed by atoms with Crippen LogP contribution in [0.3, 0.4) is 0 Å². The Kier molecular flexibility index (Phi) is 5.22. The van der Waals surface area contributed by atoms with E-state index in [2.05, 4.69) is 15.0 Å². The lowest BCUT2D eigenvalue weighted by Gasteiger charge is -2.27. The van der Waals surface area contributed by atoms with E-state index in [0.29, 0.717) is 48.7 Å². The van der Waals surface area contributed by atoms with Gasteiger partial charge < -0.3 is 9.88 Å². The fourth-order valence-electron chi connectivity index (χ4n) is 3.88. The minimum Gasteiger partial charge on any atom is -0.338 e. The van der Waals surface area contributed by atoms with Crippen molar-refractivity contribution in [3.05, 3.63) is 57.5 Å². The van der Waals surface area contributed by atoms with Gasteiger partial charge in [-0.15, -0.1) is 0 Å². The van der Waals surface area contributed by atoms with Crippen molar-refractivity contribution in [1.82, 2.24) is 24.2 Å². The molecule has 1 saturated heterocycles. The zero-order valence-corrected chi connectivity index (χ0v) is 17.0. The van der Waals surface area contributed by atoms with Gasteiger partial charge in [0.05, 0.1) is 17.0 Å². The number of likely N-dealkylation sites (tertiary alicyclic amines) is 1. The Balaban J connectivity index is 1.52. The van der Waals surface area contributed by atoms with Crippen molar-refractivity contribution >= 4 is 15.9 Å². The third-order valence-corrected chi connectivity index (χ3v) is 7.43. The van der Waals surface area contributed by atoms with Crippen molar-refractivity contribution in [2.24, 2.45) is 0 Å². The molecule has 0 spiro atoms. The van der Waals surface area contributed by atoms with Crippen molar-refractivity contribution in [2.75, 3.05) is 25.4 Å². The first-order valence-corrected chi connectivity index (χ1v) is 11.3. The maximum absolute atomic E-state index is 12.6. The van der Waals surface area contributed by atoms with Crippen LogP contribution in [0, 0.1) is 0 Å². The first-order chi connectivity index (χ1) is 13.9. The molecule has 29 heavy (non-hydrogen) atoms. The van der Waals surface area contributed by atoms with Crippen LogP contribution in [-0.4, -0.2) is 63.9 Å². The molecule has 0 aromatic carbocycles. The molecule has 0 saturated carbocycles. The first-order valence-electron chi connectivity index (χ1n) is 9.68. The quantitative estimate of drug-likeness (QED) is 0.774. The second-order valence-electron chi connectivity index (χ2n) is 7.33. The van der Waals surface area contributed by atoms with Crippen LogP contribution in [0.1, 0.15) is 46.7 Å². The Morgan fingerprint density at radius 1 is 1.28 bits per heavy atom. The zero-order valence-electron chi connectivity index (χ0n) is 16.2. The van der Waals surface area contributed by atoms with Gasteiger partial charge in [0, 0.05) is 56.5 Å². The second-order valence-corrected chi connectivity index (χ2v) is 9.59. The van der Waals surface area contributed by atoms with Gasteiger partial charge in [0.1, 0.15) is 5.82 Å². The molecule has 0 bridgehead atoms. The molecule has 1 atom stereocenters. The minimum atomic E-state index is -3.35. The van der Waals surface area contributed by atoms with E-state index < -0.39 is 10.0 Å². The summed E-state index contributed by atoms with van der Waals surface area (Å²) in [5.74, 6) is 0.479. The Morgan fingerprint density at radius 3 is 2.76 bits per heavy atom. The van der Waals surface area contributed by atoms with Crippen molar-refractivity contribution in [3.8, 4) is 0 Å². The molecular formula is C19H23N5O4S. The smallest absolute Gasteiger partial charge is 0.255 e. The number of sulfonamides is 1. The van der Waals surface area contributed by atoms with Crippen LogP contribution >= 0.6 is 0 Å². The summed E-state index contributed by atoms with van der Waals surface area (Å²) in [6.07, 6.45) is 4.31. The van der Waals surface area contributed by atoms with Crippen molar-refractivity contribution in [2.45, 2.75) is 32.2 Å². The van der Waals surface area contributed by atoms with Gasteiger partial charge in [-0.05, 0) is 25.5 Å². The molecule has 2 aliphatic rings. The van der Waals surface area contributed by atoms with E-state index in [1.807, 2.05) is 0 Å². The Labute approximate surface area is 168 Å². The molecule has 2 aliphatic heterocycles. The number of nitrogens with one attached hydrogen (secondary N) is 1. The summed E-state index contributed by atoms with van der Waals surface area (Å²) in [5, 5.41) is 0. The lowest BCUT2D eigenvalue weighted by Crippen LogP contribution is -2.40. The normalized spacial score (nSPS) is 19.9. The average Bonchev–Trinajstić information content (AvgIpc) is 3.24. The lowest BCUT2D eigenvalue weighted by atomic mass is 10.1. The summed E-state index contributed by atoms with van der Waals surface area (Å²) in [5.41, 5.74) is 1.37. The standard InChI is InChI=1S/C19H23N5O4S/c1-2-29(27,28)24-10-6-16-15(12-24)18(25)22-17(21-16)14-5-9-23(11-14)19(26)13-3-7-20-8-4-13/h3-4,7-8,14H,2,5-6,9-12H2,1H3,(H,21,22,25)/t14-/m0/s1. The molecule has 10 heteroatoms. The maximum atomic E-state index is 12.6. The molecule has 4 heterocycles. The highest BCUT2D eigenvalue weighted by molar-refractivity contribution is 7.89. The molecule has 1 N–H and O–H groups in total. The number of fused-ring (bicyclic) bond motifs is 1. The van der Waals surface area contributed by atoms with Gasteiger partial charge >= 0.3 is 0 Å². The maximum Gasteiger partial charge on any atom is 0.255 e. The number of pyridine rings is 1. The number of rotatable bonds is 4. The summed E-state index contributed by atoms with van der Waals surface area (Å²) in [6, 6.07) is 3.37. The fourth-order valence-corrected chi connectivity index (χ4v) is 4.94. The monoisotopic (exact) mass is 417 g/mol. The van der Waals surface area contributed by atoms with E-state index >= 15 is 0 Å². The Hall–Kier alpha value is -2.59. The van der Waals surface area contributed by atoms with Crippen LogP contribution in [-0.2, 0) is 23.0 Å². The molecule has 0 unspecified atom stereocenters. The molecule has 154 valence electrons. The summed E-state index contributed by atoms with van der Waals surface area (Å²) in [4.78, 5) is 38.4. The number of nitrogens with zero attached hydrogens (tertiary/aromatic N) is 4. The van der Waals surface area contributed by atoms with Crippen molar-refractivity contribution in [1.29, 1.82) is 0 Å². The van der Waals surface area contributed by atoms with E-state index in [1.165, 1.54) is 4.31 Å². The van der Waals surface area contributed by atoms with Gasteiger partial charge in [-0.2, -0.15) is 4.31 Å². The minimum absolute atomic E-state index is 0.00909. The SMILES string of the molecule is CCS(=O)(=O)N1CCc2nc([C@H]3CCN(C(=O)c4ccncc4)C3)[nH]c(=O)c2C1. The largest absolute Gasteiger partial charge is 0.338 e. The molecule has 2 aromatic heterocycles. The highest BCUT2D eigenvalue weighted by Crippen LogP contribution is 2.27. The van der Waals surface area contributed by atoms with Crippen LogP contribution in [0.2, 0.25) is 0 Å². The lowest BCUT2D eigenvalue weighted by molar-refractivity contribution is 0.0790. The molecule has 2 aromatic rings. The predicted octanol–water partition coefficient (Wildman–Crippen LogP) is 0.502. The summed E-state index contributed by atoms with van der Waals surface area (Å²) >= 11 is 0. The number of amides is 1. The number of hydrogen-bond donors (Lipinski definition) is 1. The molecule has 4 rings (SSSR count). The van der Waals surface area contributed by atoms with Gasteiger partial charge in [0.2, 0.25) is 10.0 Å². The highest BCUT2D eigenvalue weighted by Gasteiger charge is 2.32. The van der Waals surface area contributed by atoms with Crippen LogP contribution in [0.5, 0.6) is 0 Å². The van der Waals surface area contributed by atoms with E-state index in [9.17, 15) is 18.0 Å². The van der Waals surface area contributed by atoms with Gasteiger partial charge in [-0.25, -0.2) is 13.4 Å². The number of carbonyl (C=O) groups is 1. The van der Waals surface area contributed by atoms with Crippen molar-refractivity contribution < 1.29 is 13.2 Å². The molecule has 1 amide bonds. The van der Waals surface area contributed by atoms with E-state index in [4.69, 9.17) is 0 Å². The highest BCUT2D eigenvalue weighted by atomic mass is 32.2. The third-order valence-electron chi connectivity index (χ3n) is 5.60. The summed E-state index contributed by atoms with van der Waals surface area (Å²) in [6.45, 7) is 3.06. The third kappa shape index (κ3) is 3.82. The van der Waals surface area contributed by atoms with Crippen LogP contribution < -0.4 is 5.56 Å². The predicted molar refractivity (Wildman–Crippen MR) is 106 cm³/mol. The summed E-state index contributed by atoms with van der Waals surface area (Å²) in [7, 11) is -3.35. The van der Waals surface area contributed by atoms with Crippen LogP contribution in [0.25, 0.3) is 0 Å². The molecule has 9 nitrogen and oxygen atoms in total. The number of H-pyrrole nitrogens is 1. The molecule has 0 aliphatic carbocycles. The van der Waals surface area contributed by atoms with Gasteiger partial charge in [-0.3, -0.25) is 14.6 Å². The van der Waals surface area contributed by atoms with E-state index in [0.717, 1.165) is 6.42 Å². The van der Waals surface area contributed by atoms with Crippen LogP contribution in [0.15, 0.2) is 29.3 Å².